The quantitative estimate of drug-likeness (QED) is 0.676. The molecule has 84 valence electrons. The van der Waals surface area contributed by atoms with Gasteiger partial charge in [-0.25, -0.2) is 4.39 Å². The number of aryl methyl sites for hydroxylation is 1. The number of hydrogen-bond acceptors (Lipinski definition) is 1. The summed E-state index contributed by atoms with van der Waals surface area (Å²) in [7, 11) is 0. The normalized spacial score (nSPS) is 10.4. The second-order valence-corrected chi connectivity index (χ2v) is 3.56. The van der Waals surface area contributed by atoms with Crippen molar-refractivity contribution in [3.8, 4) is 5.75 Å². The molecule has 0 amide bonds. The van der Waals surface area contributed by atoms with Crippen molar-refractivity contribution in [2.75, 3.05) is 6.61 Å². The SMILES string of the molecule is CCCCCOc1ccc(C)c(F)c1F. The number of unbranched alkanes of at least 4 members (excludes halogenated alkanes) is 2. The lowest BCUT2D eigenvalue weighted by atomic mass is 10.2. The molecule has 3 heteroatoms. The number of ether oxygens (including phenoxy) is 1. The van der Waals surface area contributed by atoms with E-state index in [0.717, 1.165) is 19.3 Å². The molecule has 1 aromatic rings. The van der Waals surface area contributed by atoms with Gasteiger partial charge in [-0.2, -0.15) is 4.39 Å². The Morgan fingerprint density at radius 2 is 1.87 bits per heavy atom. The second-order valence-electron chi connectivity index (χ2n) is 3.56. The van der Waals surface area contributed by atoms with Gasteiger partial charge < -0.3 is 4.74 Å². The molecule has 0 aliphatic heterocycles. The molecule has 1 aromatic carbocycles. The maximum Gasteiger partial charge on any atom is 0.200 e. The molecule has 1 nitrogen and oxygen atoms in total. The Bertz CT molecular complexity index is 324. The molecule has 0 bridgehead atoms. The van der Waals surface area contributed by atoms with Crippen molar-refractivity contribution in [3.63, 3.8) is 0 Å². The van der Waals surface area contributed by atoms with Crippen LogP contribution < -0.4 is 4.74 Å². The summed E-state index contributed by atoms with van der Waals surface area (Å²) in [5.41, 5.74) is 0.299. The van der Waals surface area contributed by atoms with Crippen molar-refractivity contribution < 1.29 is 13.5 Å². The van der Waals surface area contributed by atoms with E-state index in [9.17, 15) is 8.78 Å². The number of benzene rings is 1. The van der Waals surface area contributed by atoms with Crippen LogP contribution >= 0.6 is 0 Å². The summed E-state index contributed by atoms with van der Waals surface area (Å²) in [4.78, 5) is 0. The van der Waals surface area contributed by atoms with Gasteiger partial charge in [0, 0.05) is 0 Å². The monoisotopic (exact) mass is 214 g/mol. The van der Waals surface area contributed by atoms with E-state index in [-0.39, 0.29) is 5.75 Å². The van der Waals surface area contributed by atoms with Gasteiger partial charge in [0.1, 0.15) is 0 Å². The maximum atomic E-state index is 13.3. The van der Waals surface area contributed by atoms with E-state index in [1.807, 2.05) is 0 Å². The van der Waals surface area contributed by atoms with Crippen molar-refractivity contribution >= 4 is 0 Å². The van der Waals surface area contributed by atoms with E-state index in [2.05, 4.69) is 6.92 Å². The molecule has 0 unspecified atom stereocenters. The lowest BCUT2D eigenvalue weighted by Crippen LogP contribution is -2.01. The zero-order valence-corrected chi connectivity index (χ0v) is 9.15. The third-order valence-electron chi connectivity index (χ3n) is 2.25. The van der Waals surface area contributed by atoms with Gasteiger partial charge in [0.2, 0.25) is 5.82 Å². The molecule has 0 aliphatic rings. The predicted octanol–water partition coefficient (Wildman–Crippen LogP) is 3.84. The van der Waals surface area contributed by atoms with Crippen LogP contribution in [0, 0.1) is 18.6 Å². The van der Waals surface area contributed by atoms with E-state index >= 15 is 0 Å². The Labute approximate surface area is 89.1 Å². The zero-order valence-electron chi connectivity index (χ0n) is 9.15. The molecular weight excluding hydrogens is 198 g/mol. The highest BCUT2D eigenvalue weighted by Crippen LogP contribution is 2.22. The van der Waals surface area contributed by atoms with Gasteiger partial charge in [-0.3, -0.25) is 0 Å². The van der Waals surface area contributed by atoms with Crippen molar-refractivity contribution in [1.29, 1.82) is 0 Å². The largest absolute Gasteiger partial charge is 0.490 e. The number of hydrogen-bond donors (Lipinski definition) is 0. The van der Waals surface area contributed by atoms with Crippen molar-refractivity contribution in [3.05, 3.63) is 29.3 Å². The fourth-order valence-corrected chi connectivity index (χ4v) is 1.27. The first-order valence-electron chi connectivity index (χ1n) is 5.24. The van der Waals surface area contributed by atoms with E-state index in [0.29, 0.717) is 12.2 Å². The summed E-state index contributed by atoms with van der Waals surface area (Å²) in [5.74, 6) is -1.69. The average Bonchev–Trinajstić information content (AvgIpc) is 2.24. The number of halogens is 2. The summed E-state index contributed by atoms with van der Waals surface area (Å²) in [6, 6.07) is 2.99. The minimum absolute atomic E-state index is 0.00852. The van der Waals surface area contributed by atoms with E-state index in [1.165, 1.54) is 19.1 Å². The summed E-state index contributed by atoms with van der Waals surface area (Å²) in [6.07, 6.45) is 2.98. The standard InChI is InChI=1S/C12H16F2O/c1-3-4-5-8-15-10-7-6-9(2)11(13)12(10)14/h6-7H,3-5,8H2,1-2H3. The van der Waals surface area contributed by atoms with Gasteiger partial charge in [0.05, 0.1) is 6.61 Å². The third kappa shape index (κ3) is 3.18. The van der Waals surface area contributed by atoms with E-state index in [1.54, 1.807) is 0 Å². The lowest BCUT2D eigenvalue weighted by Gasteiger charge is -2.08. The van der Waals surface area contributed by atoms with Crippen LogP contribution in [0.4, 0.5) is 8.78 Å². The van der Waals surface area contributed by atoms with Crippen LogP contribution in [0.25, 0.3) is 0 Å². The lowest BCUT2D eigenvalue weighted by molar-refractivity contribution is 0.286. The summed E-state index contributed by atoms with van der Waals surface area (Å²) < 4.78 is 31.5. The van der Waals surface area contributed by atoms with Gasteiger partial charge in [-0.15, -0.1) is 0 Å². The average molecular weight is 214 g/mol. The van der Waals surface area contributed by atoms with Gasteiger partial charge in [-0.1, -0.05) is 25.8 Å². The van der Waals surface area contributed by atoms with Crippen LogP contribution in [-0.2, 0) is 0 Å². The molecule has 0 aromatic heterocycles. The number of rotatable bonds is 5. The van der Waals surface area contributed by atoms with Crippen molar-refractivity contribution in [1.82, 2.24) is 0 Å². The molecular formula is C12H16F2O. The minimum atomic E-state index is -0.883. The molecule has 0 saturated carbocycles. The molecule has 0 heterocycles. The van der Waals surface area contributed by atoms with Gasteiger partial charge >= 0.3 is 0 Å². The van der Waals surface area contributed by atoms with Crippen LogP contribution in [-0.4, -0.2) is 6.61 Å². The highest BCUT2D eigenvalue weighted by atomic mass is 19.2. The first-order chi connectivity index (χ1) is 7.16. The molecule has 15 heavy (non-hydrogen) atoms. The fraction of sp³-hybridized carbons (Fsp3) is 0.500. The van der Waals surface area contributed by atoms with Crippen molar-refractivity contribution in [2.45, 2.75) is 33.1 Å². The maximum absolute atomic E-state index is 13.3. The molecule has 0 fully saturated rings. The zero-order chi connectivity index (χ0) is 11.3. The fourth-order valence-electron chi connectivity index (χ4n) is 1.27. The van der Waals surface area contributed by atoms with E-state index < -0.39 is 11.6 Å². The molecule has 1 rings (SSSR count). The minimum Gasteiger partial charge on any atom is -0.490 e. The Hall–Kier alpha value is -1.12. The summed E-state index contributed by atoms with van der Waals surface area (Å²) in [6.45, 7) is 4.04. The van der Waals surface area contributed by atoms with Crippen LogP contribution in [0.3, 0.4) is 0 Å². The van der Waals surface area contributed by atoms with Crippen LogP contribution in [0.15, 0.2) is 12.1 Å². The highest BCUT2D eigenvalue weighted by molar-refractivity contribution is 5.30. The molecule has 0 atom stereocenters. The van der Waals surface area contributed by atoms with Gasteiger partial charge in [-0.05, 0) is 25.0 Å². The van der Waals surface area contributed by atoms with Crippen LogP contribution in [0.1, 0.15) is 31.7 Å². The Morgan fingerprint density at radius 3 is 2.53 bits per heavy atom. The third-order valence-corrected chi connectivity index (χ3v) is 2.25. The van der Waals surface area contributed by atoms with Gasteiger partial charge in [0.25, 0.3) is 0 Å². The molecule has 0 radical (unpaired) electrons. The van der Waals surface area contributed by atoms with Crippen LogP contribution in [0.5, 0.6) is 5.75 Å². The Morgan fingerprint density at radius 1 is 1.13 bits per heavy atom. The van der Waals surface area contributed by atoms with Gasteiger partial charge in [0.15, 0.2) is 11.6 Å². The molecule has 0 spiro atoms. The van der Waals surface area contributed by atoms with Crippen molar-refractivity contribution in [2.24, 2.45) is 0 Å². The first kappa shape index (κ1) is 12.0. The molecule has 0 aliphatic carbocycles. The van der Waals surface area contributed by atoms with E-state index in [4.69, 9.17) is 4.74 Å². The Kier molecular flexibility index (Phi) is 4.53. The van der Waals surface area contributed by atoms with Crippen LogP contribution in [0.2, 0.25) is 0 Å². The predicted molar refractivity (Wildman–Crippen MR) is 56.1 cm³/mol. The highest BCUT2D eigenvalue weighted by Gasteiger charge is 2.11. The second kappa shape index (κ2) is 5.69. The molecule has 0 saturated heterocycles. The Balaban J connectivity index is 2.58. The smallest absolute Gasteiger partial charge is 0.200 e. The molecule has 0 N–H and O–H groups in total. The summed E-state index contributed by atoms with van der Waals surface area (Å²) in [5, 5.41) is 0. The topological polar surface area (TPSA) is 9.23 Å². The first-order valence-corrected chi connectivity index (χ1v) is 5.24. The summed E-state index contributed by atoms with van der Waals surface area (Å²) >= 11 is 0.